The first-order valence-corrected chi connectivity index (χ1v) is 13.3. The molecule has 0 atom stereocenters. The Morgan fingerprint density at radius 1 is 0.971 bits per heavy atom. The second kappa shape index (κ2) is 11.0. The maximum atomic E-state index is 13.0. The molecule has 0 bridgehead atoms. The second-order valence-corrected chi connectivity index (χ2v) is 11.4. The van der Waals surface area contributed by atoms with Crippen LogP contribution in [-0.4, -0.2) is 26.0 Å². The summed E-state index contributed by atoms with van der Waals surface area (Å²) >= 11 is 0. The Kier molecular flexibility index (Phi) is 8.22. The Balaban J connectivity index is 1.91. The summed E-state index contributed by atoms with van der Waals surface area (Å²) in [6, 6.07) is 21.3. The van der Waals surface area contributed by atoms with E-state index in [1.54, 1.807) is 36.4 Å². The lowest BCUT2D eigenvalue weighted by molar-refractivity contribution is 0.0697. The van der Waals surface area contributed by atoms with E-state index < -0.39 is 16.0 Å². The van der Waals surface area contributed by atoms with Gasteiger partial charge in [0, 0.05) is 18.8 Å². The van der Waals surface area contributed by atoms with Crippen LogP contribution in [0.1, 0.15) is 62.0 Å². The monoisotopic (exact) mass is 494 g/mol. The molecule has 0 heterocycles. The highest BCUT2D eigenvalue weighted by Crippen LogP contribution is 2.29. The molecule has 7 heteroatoms. The first-order chi connectivity index (χ1) is 16.5. The Morgan fingerprint density at radius 3 is 2.20 bits per heavy atom. The maximum absolute atomic E-state index is 13.0. The summed E-state index contributed by atoms with van der Waals surface area (Å²) in [4.78, 5) is 14.3. The zero-order valence-corrected chi connectivity index (χ0v) is 21.6. The standard InChI is InChI=1S/C28H34N2O4S/c1-5-6-18-30(20-21-10-8-7-9-11-21)26-17-14-23(19-25(26)27(31)32)29-35(33,34)24-15-12-22(13-16-24)28(2,3)4/h7-17,19,29H,5-6,18,20H2,1-4H3,(H,31,32). The molecule has 0 saturated heterocycles. The third-order valence-electron chi connectivity index (χ3n) is 5.85. The van der Waals surface area contributed by atoms with E-state index in [2.05, 4.69) is 32.4 Å². The largest absolute Gasteiger partial charge is 0.478 e. The topological polar surface area (TPSA) is 86.7 Å². The molecule has 3 aromatic carbocycles. The van der Waals surface area contributed by atoms with Crippen LogP contribution in [0.5, 0.6) is 0 Å². The van der Waals surface area contributed by atoms with Crippen molar-refractivity contribution < 1.29 is 18.3 Å². The molecule has 0 aliphatic rings. The van der Waals surface area contributed by atoms with Crippen LogP contribution < -0.4 is 9.62 Å². The van der Waals surface area contributed by atoms with E-state index >= 15 is 0 Å². The van der Waals surface area contributed by atoms with Crippen molar-refractivity contribution in [3.8, 4) is 0 Å². The van der Waals surface area contributed by atoms with Crippen molar-refractivity contribution in [2.45, 2.75) is 57.4 Å². The summed E-state index contributed by atoms with van der Waals surface area (Å²) in [5, 5.41) is 9.95. The minimum Gasteiger partial charge on any atom is -0.478 e. The third kappa shape index (κ3) is 6.85. The number of unbranched alkanes of at least 4 members (excludes halogenated alkanes) is 1. The molecule has 6 nitrogen and oxygen atoms in total. The van der Waals surface area contributed by atoms with Gasteiger partial charge in [-0.05, 0) is 53.3 Å². The van der Waals surface area contributed by atoms with Gasteiger partial charge in [0.1, 0.15) is 0 Å². The summed E-state index contributed by atoms with van der Waals surface area (Å²) in [6.07, 6.45) is 1.88. The van der Waals surface area contributed by atoms with Crippen molar-refractivity contribution in [1.82, 2.24) is 0 Å². The summed E-state index contributed by atoms with van der Waals surface area (Å²) in [7, 11) is -3.87. The number of hydrogen-bond acceptors (Lipinski definition) is 4. The lowest BCUT2D eigenvalue weighted by atomic mass is 9.87. The van der Waals surface area contributed by atoms with Gasteiger partial charge in [-0.15, -0.1) is 0 Å². The highest BCUT2D eigenvalue weighted by molar-refractivity contribution is 7.92. The molecule has 0 fully saturated rings. The Labute approximate surface area is 208 Å². The van der Waals surface area contributed by atoms with Crippen molar-refractivity contribution in [3.63, 3.8) is 0 Å². The number of sulfonamides is 1. The number of carboxylic acid groups (broad SMARTS) is 1. The fourth-order valence-corrected chi connectivity index (χ4v) is 4.88. The summed E-state index contributed by atoms with van der Waals surface area (Å²) in [6.45, 7) is 9.52. The molecule has 0 aliphatic carbocycles. The molecule has 0 unspecified atom stereocenters. The number of benzene rings is 3. The van der Waals surface area contributed by atoms with E-state index in [-0.39, 0.29) is 21.6 Å². The third-order valence-corrected chi connectivity index (χ3v) is 7.25. The van der Waals surface area contributed by atoms with Crippen LogP contribution in [0.25, 0.3) is 0 Å². The van der Waals surface area contributed by atoms with Crippen LogP contribution in [0.2, 0.25) is 0 Å². The second-order valence-electron chi connectivity index (χ2n) is 9.68. The molecule has 0 saturated carbocycles. The molecule has 0 spiro atoms. The number of rotatable bonds is 10. The van der Waals surface area contributed by atoms with Gasteiger partial charge in [0.25, 0.3) is 10.0 Å². The number of hydrogen-bond donors (Lipinski definition) is 2. The highest BCUT2D eigenvalue weighted by atomic mass is 32.2. The zero-order chi connectivity index (χ0) is 25.6. The SMILES string of the molecule is CCCCN(Cc1ccccc1)c1ccc(NS(=O)(=O)c2ccc(C(C)(C)C)cc2)cc1C(=O)O. The van der Waals surface area contributed by atoms with Gasteiger partial charge >= 0.3 is 5.97 Å². The summed E-state index contributed by atoms with van der Waals surface area (Å²) < 4.78 is 28.5. The number of aromatic carboxylic acids is 1. The lowest BCUT2D eigenvalue weighted by Gasteiger charge is -2.27. The average molecular weight is 495 g/mol. The van der Waals surface area contributed by atoms with Gasteiger partial charge < -0.3 is 10.0 Å². The predicted octanol–water partition coefficient (Wildman–Crippen LogP) is 6.29. The molecule has 0 radical (unpaired) electrons. The Bertz CT molecular complexity index is 1250. The van der Waals surface area contributed by atoms with Gasteiger partial charge in [-0.2, -0.15) is 0 Å². The van der Waals surface area contributed by atoms with E-state index in [0.29, 0.717) is 18.8 Å². The molecule has 2 N–H and O–H groups in total. The first-order valence-electron chi connectivity index (χ1n) is 11.8. The number of carbonyl (C=O) groups is 1. The van der Waals surface area contributed by atoms with E-state index in [1.165, 1.54) is 6.07 Å². The van der Waals surface area contributed by atoms with Crippen LogP contribution in [-0.2, 0) is 22.0 Å². The smallest absolute Gasteiger partial charge is 0.337 e. The van der Waals surface area contributed by atoms with E-state index in [4.69, 9.17) is 0 Å². The van der Waals surface area contributed by atoms with Gasteiger partial charge in [0.15, 0.2) is 0 Å². The molecule has 0 aromatic heterocycles. The molecule has 3 aromatic rings. The van der Waals surface area contributed by atoms with Crippen molar-refractivity contribution >= 4 is 27.4 Å². The fraction of sp³-hybridized carbons (Fsp3) is 0.321. The van der Waals surface area contributed by atoms with Crippen molar-refractivity contribution in [1.29, 1.82) is 0 Å². The molecular formula is C28H34N2O4S. The van der Waals surface area contributed by atoms with Crippen LogP contribution in [0.3, 0.4) is 0 Å². The number of anilines is 2. The number of nitrogens with zero attached hydrogens (tertiary/aromatic N) is 1. The average Bonchev–Trinajstić information content (AvgIpc) is 2.81. The summed E-state index contributed by atoms with van der Waals surface area (Å²) in [5.41, 5.74) is 2.84. The highest BCUT2D eigenvalue weighted by Gasteiger charge is 2.21. The van der Waals surface area contributed by atoms with Crippen LogP contribution in [0.15, 0.2) is 77.7 Å². The van der Waals surface area contributed by atoms with Crippen molar-refractivity contribution in [3.05, 3.63) is 89.5 Å². The summed E-state index contributed by atoms with van der Waals surface area (Å²) in [5.74, 6) is -1.11. The van der Waals surface area contributed by atoms with E-state index in [0.717, 1.165) is 24.0 Å². The molecule has 186 valence electrons. The molecule has 0 amide bonds. The van der Waals surface area contributed by atoms with Gasteiger partial charge in [-0.1, -0.05) is 76.6 Å². The fourth-order valence-electron chi connectivity index (χ4n) is 3.83. The molecule has 35 heavy (non-hydrogen) atoms. The molecule has 3 rings (SSSR count). The van der Waals surface area contributed by atoms with E-state index in [9.17, 15) is 18.3 Å². The van der Waals surface area contributed by atoms with Crippen LogP contribution in [0.4, 0.5) is 11.4 Å². The Hall–Kier alpha value is -3.32. The first kappa shape index (κ1) is 26.3. The number of carboxylic acids is 1. The Morgan fingerprint density at radius 2 is 1.63 bits per heavy atom. The molecular weight excluding hydrogens is 460 g/mol. The maximum Gasteiger partial charge on any atom is 0.337 e. The quantitative estimate of drug-likeness (QED) is 0.346. The molecule has 0 aliphatic heterocycles. The van der Waals surface area contributed by atoms with Crippen LogP contribution >= 0.6 is 0 Å². The number of nitrogens with one attached hydrogen (secondary N) is 1. The van der Waals surface area contributed by atoms with Gasteiger partial charge in [0.05, 0.1) is 16.1 Å². The van der Waals surface area contributed by atoms with Gasteiger partial charge in [0.2, 0.25) is 0 Å². The van der Waals surface area contributed by atoms with Crippen molar-refractivity contribution in [2.75, 3.05) is 16.2 Å². The zero-order valence-electron chi connectivity index (χ0n) is 20.8. The van der Waals surface area contributed by atoms with Gasteiger partial charge in [-0.3, -0.25) is 4.72 Å². The van der Waals surface area contributed by atoms with Gasteiger partial charge in [-0.25, -0.2) is 13.2 Å². The van der Waals surface area contributed by atoms with Crippen LogP contribution in [0, 0.1) is 0 Å². The minimum absolute atomic E-state index is 0.0558. The predicted molar refractivity (Wildman–Crippen MR) is 142 cm³/mol. The minimum atomic E-state index is -3.87. The normalized spacial score (nSPS) is 11.8. The van der Waals surface area contributed by atoms with Crippen molar-refractivity contribution in [2.24, 2.45) is 0 Å². The van der Waals surface area contributed by atoms with E-state index in [1.807, 2.05) is 35.2 Å². The lowest BCUT2D eigenvalue weighted by Crippen LogP contribution is -2.26.